The molecule has 180 valence electrons. The summed E-state index contributed by atoms with van der Waals surface area (Å²) < 4.78 is 4.90. The molecule has 3 nitrogen and oxygen atoms in total. The molecule has 1 atom stereocenters. The molecule has 0 radical (unpaired) electrons. The number of hydrogen-bond donors (Lipinski definition) is 0. The van der Waals surface area contributed by atoms with Crippen molar-refractivity contribution in [3.05, 3.63) is 0 Å². The number of methoxy groups -OCH3 is 1. The monoisotopic (exact) mass is 448 g/mol. The van der Waals surface area contributed by atoms with Crippen LogP contribution in [0.5, 0.6) is 0 Å². The third-order valence-electron chi connectivity index (χ3n) is 6.25. The number of ketones is 1. The number of carbonyl (C=O) groups excluding carboxylic acids is 2. The minimum atomic E-state index is -0.529. The molecule has 0 saturated carbocycles. The van der Waals surface area contributed by atoms with Gasteiger partial charge >= 0.3 is 35.5 Å². The molecule has 0 N–H and O–H groups in total. The van der Waals surface area contributed by atoms with Crippen molar-refractivity contribution in [3.8, 4) is 0 Å². The Hall–Kier alpha value is 0.140. The predicted octanol–water partition coefficient (Wildman–Crippen LogP) is 7.93. The van der Waals surface area contributed by atoms with E-state index in [1.54, 1.807) is 0 Å². The standard InChI is InChI=1S/C27H52O3.Na.H/c1-4-6-8-10-12-14-15-16-18-20-22-24-26(28)25(27(29)30-3)23-21-19-17-13-11-9-7-5-2;;/h25H,4-24H2,1-3H3;;. The van der Waals surface area contributed by atoms with E-state index in [-0.39, 0.29) is 41.3 Å². The third-order valence-corrected chi connectivity index (χ3v) is 6.25. The van der Waals surface area contributed by atoms with Gasteiger partial charge in [-0.1, -0.05) is 129 Å². The molecule has 0 aliphatic carbocycles. The summed E-state index contributed by atoms with van der Waals surface area (Å²) in [6.45, 7) is 4.50. The Morgan fingerprint density at radius 3 is 1.32 bits per heavy atom. The molecule has 0 bridgehead atoms. The van der Waals surface area contributed by atoms with Crippen molar-refractivity contribution >= 4 is 41.3 Å². The molecule has 0 amide bonds. The van der Waals surface area contributed by atoms with Crippen LogP contribution >= 0.6 is 0 Å². The fourth-order valence-electron chi connectivity index (χ4n) is 4.17. The number of ether oxygens (including phenoxy) is 1. The van der Waals surface area contributed by atoms with E-state index in [1.807, 2.05) is 0 Å². The maximum atomic E-state index is 12.5. The number of esters is 1. The molecule has 0 aliphatic heterocycles. The van der Waals surface area contributed by atoms with E-state index < -0.39 is 5.92 Å². The van der Waals surface area contributed by atoms with Gasteiger partial charge in [0.05, 0.1) is 7.11 Å². The van der Waals surface area contributed by atoms with Crippen LogP contribution in [0.25, 0.3) is 0 Å². The Balaban J connectivity index is 0. The number of hydrogen-bond acceptors (Lipinski definition) is 3. The van der Waals surface area contributed by atoms with Crippen molar-refractivity contribution in [2.24, 2.45) is 5.92 Å². The summed E-state index contributed by atoms with van der Waals surface area (Å²) in [6, 6.07) is 0. The fourth-order valence-corrected chi connectivity index (χ4v) is 4.17. The molecule has 0 rings (SSSR count). The van der Waals surface area contributed by atoms with Crippen LogP contribution in [0.3, 0.4) is 0 Å². The molecule has 0 aromatic carbocycles. The minimum absolute atomic E-state index is 0. The summed E-state index contributed by atoms with van der Waals surface area (Å²) >= 11 is 0. The number of carbonyl (C=O) groups is 2. The predicted molar refractivity (Wildman–Crippen MR) is 136 cm³/mol. The van der Waals surface area contributed by atoms with Gasteiger partial charge in [-0.05, 0) is 12.8 Å². The summed E-state index contributed by atoms with van der Waals surface area (Å²) in [5.74, 6) is -0.759. The van der Waals surface area contributed by atoms with Crippen LogP contribution in [0, 0.1) is 5.92 Å². The van der Waals surface area contributed by atoms with Crippen LogP contribution in [-0.2, 0) is 14.3 Å². The molecule has 0 spiro atoms. The van der Waals surface area contributed by atoms with Gasteiger partial charge in [-0.15, -0.1) is 0 Å². The zero-order chi connectivity index (χ0) is 22.3. The van der Waals surface area contributed by atoms with E-state index in [0.717, 1.165) is 25.7 Å². The molecule has 0 heterocycles. The van der Waals surface area contributed by atoms with Crippen LogP contribution in [0.15, 0.2) is 0 Å². The second-order valence-electron chi connectivity index (χ2n) is 9.09. The second-order valence-corrected chi connectivity index (χ2v) is 9.09. The summed E-state index contributed by atoms with van der Waals surface area (Å²) in [5, 5.41) is 0. The van der Waals surface area contributed by atoms with Gasteiger partial charge in [0.1, 0.15) is 11.7 Å². The number of rotatable bonds is 23. The summed E-state index contributed by atoms with van der Waals surface area (Å²) in [5.41, 5.74) is 0. The van der Waals surface area contributed by atoms with Crippen molar-refractivity contribution in [3.63, 3.8) is 0 Å². The van der Waals surface area contributed by atoms with Crippen LogP contribution in [0.2, 0.25) is 0 Å². The summed E-state index contributed by atoms with van der Waals surface area (Å²) in [7, 11) is 1.40. The molecule has 1 unspecified atom stereocenters. The van der Waals surface area contributed by atoms with E-state index in [0.29, 0.717) is 12.8 Å². The quantitative estimate of drug-likeness (QED) is 0.0690. The van der Waals surface area contributed by atoms with Crippen LogP contribution in [-0.4, -0.2) is 48.4 Å². The van der Waals surface area contributed by atoms with Gasteiger partial charge in [-0.3, -0.25) is 9.59 Å². The number of unbranched alkanes of at least 4 members (excludes halogenated alkanes) is 17. The Bertz CT molecular complexity index is 398. The second kappa shape index (κ2) is 26.4. The van der Waals surface area contributed by atoms with Gasteiger partial charge in [0, 0.05) is 6.42 Å². The van der Waals surface area contributed by atoms with E-state index in [2.05, 4.69) is 13.8 Å². The molecule has 0 aromatic heterocycles. The van der Waals surface area contributed by atoms with Crippen LogP contribution < -0.4 is 0 Å². The molecular weight excluding hydrogens is 395 g/mol. The normalized spacial score (nSPS) is 11.7. The van der Waals surface area contributed by atoms with Crippen molar-refractivity contribution < 1.29 is 14.3 Å². The van der Waals surface area contributed by atoms with E-state index in [1.165, 1.54) is 103 Å². The first-order valence-electron chi connectivity index (χ1n) is 13.3. The topological polar surface area (TPSA) is 43.4 Å². The molecule has 0 saturated heterocycles. The Kier molecular flexibility index (Phi) is 28.4. The van der Waals surface area contributed by atoms with Gasteiger partial charge in [0.15, 0.2) is 0 Å². The van der Waals surface area contributed by atoms with Gasteiger partial charge in [0.2, 0.25) is 0 Å². The van der Waals surface area contributed by atoms with Crippen LogP contribution in [0.4, 0.5) is 0 Å². The average molecular weight is 449 g/mol. The third kappa shape index (κ3) is 21.7. The van der Waals surface area contributed by atoms with Gasteiger partial charge in [-0.2, -0.15) is 0 Å². The molecular formula is C27H53NaO3. The van der Waals surface area contributed by atoms with Gasteiger partial charge < -0.3 is 4.74 Å². The molecule has 0 fully saturated rings. The first-order chi connectivity index (χ1) is 14.7. The van der Waals surface area contributed by atoms with Crippen LogP contribution in [0.1, 0.15) is 149 Å². The Labute approximate surface area is 216 Å². The first-order valence-corrected chi connectivity index (χ1v) is 13.3. The summed E-state index contributed by atoms with van der Waals surface area (Å²) in [4.78, 5) is 24.6. The van der Waals surface area contributed by atoms with E-state index in [4.69, 9.17) is 4.74 Å². The Morgan fingerprint density at radius 1 is 0.581 bits per heavy atom. The van der Waals surface area contributed by atoms with E-state index >= 15 is 0 Å². The number of Topliss-reactive ketones (excluding diaryl/α,β-unsaturated/α-hetero) is 1. The van der Waals surface area contributed by atoms with Crippen molar-refractivity contribution in [1.82, 2.24) is 0 Å². The molecule has 31 heavy (non-hydrogen) atoms. The average Bonchev–Trinajstić information content (AvgIpc) is 2.75. The van der Waals surface area contributed by atoms with Crippen molar-refractivity contribution in [2.75, 3.05) is 7.11 Å². The van der Waals surface area contributed by atoms with Gasteiger partial charge in [-0.25, -0.2) is 0 Å². The molecule has 4 heteroatoms. The van der Waals surface area contributed by atoms with Crippen molar-refractivity contribution in [2.45, 2.75) is 149 Å². The molecule has 0 aliphatic rings. The maximum absolute atomic E-state index is 12.5. The first kappa shape index (κ1) is 33.3. The molecule has 0 aromatic rings. The van der Waals surface area contributed by atoms with E-state index in [9.17, 15) is 9.59 Å². The SMILES string of the molecule is CCCCCCCCCCCCCC(=O)C(CCCCCCCCCC)C(=O)OC.[NaH]. The van der Waals surface area contributed by atoms with Gasteiger partial charge in [0.25, 0.3) is 0 Å². The zero-order valence-electron chi connectivity index (χ0n) is 20.7. The zero-order valence-corrected chi connectivity index (χ0v) is 20.7. The Morgan fingerprint density at radius 2 is 0.935 bits per heavy atom. The summed E-state index contributed by atoms with van der Waals surface area (Å²) in [6.07, 6.45) is 25.0. The fraction of sp³-hybridized carbons (Fsp3) is 0.926. The van der Waals surface area contributed by atoms with Crippen molar-refractivity contribution in [1.29, 1.82) is 0 Å².